The lowest BCUT2D eigenvalue weighted by molar-refractivity contribution is -0.130. The molecule has 0 spiro atoms. The van der Waals surface area contributed by atoms with Crippen LogP contribution in [0.2, 0.25) is 5.02 Å². The summed E-state index contributed by atoms with van der Waals surface area (Å²) in [6.45, 7) is 0.752. The van der Waals surface area contributed by atoms with Gasteiger partial charge in [0.15, 0.2) is 0 Å². The molecule has 5 heteroatoms. The minimum absolute atomic E-state index is 0.0206. The molecule has 0 saturated carbocycles. The van der Waals surface area contributed by atoms with E-state index in [0.29, 0.717) is 5.56 Å². The van der Waals surface area contributed by atoms with Crippen molar-refractivity contribution in [1.29, 1.82) is 0 Å². The van der Waals surface area contributed by atoms with Gasteiger partial charge in [0.05, 0.1) is 6.54 Å². The van der Waals surface area contributed by atoms with E-state index in [4.69, 9.17) is 11.6 Å². The molecule has 1 heterocycles. The first-order valence-corrected chi connectivity index (χ1v) is 8.89. The van der Waals surface area contributed by atoms with Crippen LogP contribution in [0.5, 0.6) is 0 Å². The van der Waals surface area contributed by atoms with Gasteiger partial charge in [0.2, 0.25) is 5.91 Å². The van der Waals surface area contributed by atoms with Crippen LogP contribution < -0.4 is 5.32 Å². The third-order valence-corrected chi connectivity index (χ3v) is 4.92. The first-order chi connectivity index (χ1) is 12.1. The highest BCUT2D eigenvalue weighted by molar-refractivity contribution is 6.31. The SMILES string of the molecule is O=C(NCC(=O)N1CCCC1Cc1ccccc1Cl)c1ccccc1. The molecule has 2 aromatic carbocycles. The summed E-state index contributed by atoms with van der Waals surface area (Å²) in [5, 5.41) is 3.45. The van der Waals surface area contributed by atoms with E-state index in [1.54, 1.807) is 24.3 Å². The standard InChI is InChI=1S/C20H21ClN2O2/c21-18-11-5-4-9-16(18)13-17-10-6-12-23(17)19(24)14-22-20(25)15-7-2-1-3-8-15/h1-5,7-9,11,17H,6,10,12-14H2,(H,22,25). The van der Waals surface area contributed by atoms with Crippen molar-refractivity contribution in [2.24, 2.45) is 0 Å². The highest BCUT2D eigenvalue weighted by atomic mass is 35.5. The molecule has 0 bridgehead atoms. The average Bonchev–Trinajstić information content (AvgIpc) is 3.10. The van der Waals surface area contributed by atoms with Gasteiger partial charge in [0.25, 0.3) is 5.91 Å². The summed E-state index contributed by atoms with van der Waals surface area (Å²) in [6.07, 6.45) is 2.69. The van der Waals surface area contributed by atoms with Gasteiger partial charge in [-0.1, -0.05) is 48.0 Å². The van der Waals surface area contributed by atoms with Crippen molar-refractivity contribution < 1.29 is 9.59 Å². The fourth-order valence-electron chi connectivity index (χ4n) is 3.24. The van der Waals surface area contributed by atoms with Crippen LogP contribution in [0.3, 0.4) is 0 Å². The predicted octanol–water partition coefficient (Wildman–Crippen LogP) is 3.30. The summed E-state index contributed by atoms with van der Waals surface area (Å²) in [7, 11) is 0. The van der Waals surface area contributed by atoms with Crippen molar-refractivity contribution in [3.63, 3.8) is 0 Å². The zero-order chi connectivity index (χ0) is 17.6. The minimum atomic E-state index is -0.226. The Bertz CT molecular complexity index is 748. The van der Waals surface area contributed by atoms with Crippen LogP contribution in [0.25, 0.3) is 0 Å². The average molecular weight is 357 g/mol. The molecule has 130 valence electrons. The largest absolute Gasteiger partial charge is 0.343 e. The molecule has 3 rings (SSSR count). The number of halogens is 1. The molecule has 1 aliphatic heterocycles. The Labute approximate surface area is 152 Å². The Hall–Kier alpha value is -2.33. The van der Waals surface area contributed by atoms with Crippen molar-refractivity contribution in [2.45, 2.75) is 25.3 Å². The number of benzene rings is 2. The summed E-state index contributed by atoms with van der Waals surface area (Å²) in [4.78, 5) is 26.5. The topological polar surface area (TPSA) is 49.4 Å². The van der Waals surface area contributed by atoms with Gasteiger partial charge in [-0.15, -0.1) is 0 Å². The second kappa shape index (κ2) is 8.17. The number of hydrogen-bond donors (Lipinski definition) is 1. The van der Waals surface area contributed by atoms with Gasteiger partial charge in [-0.2, -0.15) is 0 Å². The van der Waals surface area contributed by atoms with Crippen LogP contribution >= 0.6 is 11.6 Å². The van der Waals surface area contributed by atoms with Crippen molar-refractivity contribution in [3.05, 3.63) is 70.7 Å². The third-order valence-electron chi connectivity index (χ3n) is 4.55. The van der Waals surface area contributed by atoms with E-state index in [1.807, 2.05) is 35.2 Å². The second-order valence-electron chi connectivity index (χ2n) is 6.23. The number of rotatable bonds is 5. The lowest BCUT2D eigenvalue weighted by Gasteiger charge is -2.25. The molecule has 1 N–H and O–H groups in total. The first kappa shape index (κ1) is 17.5. The molecule has 1 fully saturated rings. The van der Waals surface area contributed by atoms with E-state index in [2.05, 4.69) is 5.32 Å². The molecule has 1 aliphatic rings. The van der Waals surface area contributed by atoms with E-state index in [0.717, 1.165) is 36.4 Å². The van der Waals surface area contributed by atoms with E-state index in [1.165, 1.54) is 0 Å². The normalized spacial score (nSPS) is 16.7. The molecule has 2 aromatic rings. The fraction of sp³-hybridized carbons (Fsp3) is 0.300. The maximum absolute atomic E-state index is 12.5. The maximum Gasteiger partial charge on any atom is 0.251 e. The number of amides is 2. The molecule has 0 aliphatic carbocycles. The van der Waals surface area contributed by atoms with Crippen molar-refractivity contribution >= 4 is 23.4 Å². The van der Waals surface area contributed by atoms with Gasteiger partial charge < -0.3 is 10.2 Å². The highest BCUT2D eigenvalue weighted by Gasteiger charge is 2.29. The van der Waals surface area contributed by atoms with E-state index in [-0.39, 0.29) is 24.4 Å². The van der Waals surface area contributed by atoms with Gasteiger partial charge in [-0.25, -0.2) is 0 Å². The Balaban J connectivity index is 1.57. The highest BCUT2D eigenvalue weighted by Crippen LogP contribution is 2.24. The third kappa shape index (κ3) is 4.40. The smallest absolute Gasteiger partial charge is 0.251 e. The maximum atomic E-state index is 12.5. The Kier molecular flexibility index (Phi) is 5.71. The van der Waals surface area contributed by atoms with E-state index in [9.17, 15) is 9.59 Å². The number of nitrogens with one attached hydrogen (secondary N) is 1. The first-order valence-electron chi connectivity index (χ1n) is 8.51. The zero-order valence-corrected chi connectivity index (χ0v) is 14.7. The molecule has 25 heavy (non-hydrogen) atoms. The lowest BCUT2D eigenvalue weighted by Crippen LogP contribution is -2.43. The van der Waals surface area contributed by atoms with Crippen LogP contribution in [0, 0.1) is 0 Å². The second-order valence-corrected chi connectivity index (χ2v) is 6.63. The molecule has 1 atom stereocenters. The molecular weight excluding hydrogens is 336 g/mol. The van der Waals surface area contributed by atoms with Gasteiger partial charge in [-0.05, 0) is 43.0 Å². The van der Waals surface area contributed by atoms with Crippen molar-refractivity contribution in [1.82, 2.24) is 10.2 Å². The quantitative estimate of drug-likeness (QED) is 0.893. The van der Waals surface area contributed by atoms with Gasteiger partial charge in [0, 0.05) is 23.2 Å². The summed E-state index contributed by atoms with van der Waals surface area (Å²) < 4.78 is 0. The molecule has 1 saturated heterocycles. The monoisotopic (exact) mass is 356 g/mol. The number of carbonyl (C=O) groups is 2. The molecule has 2 amide bonds. The zero-order valence-electron chi connectivity index (χ0n) is 14.0. The summed E-state index contributed by atoms with van der Waals surface area (Å²) >= 11 is 6.24. The summed E-state index contributed by atoms with van der Waals surface area (Å²) in [5.41, 5.74) is 1.62. The van der Waals surface area contributed by atoms with Crippen molar-refractivity contribution in [2.75, 3.05) is 13.1 Å². The number of nitrogens with zero attached hydrogens (tertiary/aromatic N) is 1. The van der Waals surface area contributed by atoms with Gasteiger partial charge >= 0.3 is 0 Å². The fourth-order valence-corrected chi connectivity index (χ4v) is 3.46. The van der Waals surface area contributed by atoms with Crippen LogP contribution in [0.1, 0.15) is 28.8 Å². The number of hydrogen-bond acceptors (Lipinski definition) is 2. The lowest BCUT2D eigenvalue weighted by atomic mass is 10.0. The van der Waals surface area contributed by atoms with Gasteiger partial charge in [0.1, 0.15) is 0 Å². The minimum Gasteiger partial charge on any atom is -0.343 e. The summed E-state index contributed by atoms with van der Waals surface area (Å²) in [6, 6.07) is 16.8. The van der Waals surface area contributed by atoms with Crippen LogP contribution in [-0.4, -0.2) is 35.8 Å². The molecular formula is C20H21ClN2O2. The van der Waals surface area contributed by atoms with Crippen molar-refractivity contribution in [3.8, 4) is 0 Å². The molecule has 1 unspecified atom stereocenters. The van der Waals surface area contributed by atoms with Gasteiger partial charge in [-0.3, -0.25) is 9.59 Å². The number of likely N-dealkylation sites (tertiary alicyclic amines) is 1. The molecule has 0 radical (unpaired) electrons. The predicted molar refractivity (Wildman–Crippen MR) is 98.7 cm³/mol. The molecule has 0 aromatic heterocycles. The van der Waals surface area contributed by atoms with E-state index < -0.39 is 0 Å². The van der Waals surface area contributed by atoms with Crippen LogP contribution in [-0.2, 0) is 11.2 Å². The Morgan fingerprint density at radius 2 is 1.80 bits per heavy atom. The number of carbonyl (C=O) groups excluding carboxylic acids is 2. The molecule has 4 nitrogen and oxygen atoms in total. The Morgan fingerprint density at radius 3 is 2.56 bits per heavy atom. The van der Waals surface area contributed by atoms with Crippen LogP contribution in [0.15, 0.2) is 54.6 Å². The van der Waals surface area contributed by atoms with Crippen LogP contribution in [0.4, 0.5) is 0 Å². The van der Waals surface area contributed by atoms with E-state index >= 15 is 0 Å². The Morgan fingerprint density at radius 1 is 1.08 bits per heavy atom. The summed E-state index contributed by atoms with van der Waals surface area (Å²) in [5.74, 6) is -0.269.